The van der Waals surface area contributed by atoms with Crippen LogP contribution in [0, 0.1) is 13.8 Å². The van der Waals surface area contributed by atoms with Crippen molar-refractivity contribution in [1.29, 1.82) is 0 Å². The summed E-state index contributed by atoms with van der Waals surface area (Å²) in [6.45, 7) is 6.76. The number of imidazole rings is 1. The molecule has 0 unspecified atom stereocenters. The van der Waals surface area contributed by atoms with Gasteiger partial charge in [-0.15, -0.1) is 0 Å². The highest BCUT2D eigenvalue weighted by Gasteiger charge is 2.29. The van der Waals surface area contributed by atoms with Gasteiger partial charge in [-0.2, -0.15) is 0 Å². The Morgan fingerprint density at radius 1 is 1.28 bits per heavy atom. The number of methoxy groups -OCH3 is 1. The molecule has 170 valence electrons. The number of thioether (sulfide) groups is 1. The molecule has 32 heavy (non-hydrogen) atoms. The van der Waals surface area contributed by atoms with E-state index in [0.29, 0.717) is 5.69 Å². The Morgan fingerprint density at radius 3 is 2.72 bits per heavy atom. The van der Waals surface area contributed by atoms with Crippen LogP contribution in [0.4, 0.5) is 0 Å². The maximum Gasteiger partial charge on any atom is 0.274 e. The third-order valence-corrected chi connectivity index (χ3v) is 7.10. The summed E-state index contributed by atoms with van der Waals surface area (Å²) in [7, 11) is 3.62. The first-order valence-corrected chi connectivity index (χ1v) is 12.2. The summed E-state index contributed by atoms with van der Waals surface area (Å²) >= 11 is 1.55. The van der Waals surface area contributed by atoms with Gasteiger partial charge < -0.3 is 9.64 Å². The van der Waals surface area contributed by atoms with Crippen LogP contribution in [0.25, 0.3) is 5.52 Å². The van der Waals surface area contributed by atoms with Crippen LogP contribution in [0.1, 0.15) is 40.2 Å². The Kier molecular flexibility index (Phi) is 6.71. The molecule has 1 fully saturated rings. The number of hydrogen-bond donors (Lipinski definition) is 0. The lowest BCUT2D eigenvalue weighted by atomic mass is 10.0. The maximum absolute atomic E-state index is 13.3. The molecule has 0 bridgehead atoms. The number of piperidine rings is 1. The number of carbonyl (C=O) groups excluding carboxylic acids is 1. The first-order chi connectivity index (χ1) is 15.4. The lowest BCUT2D eigenvalue weighted by Gasteiger charge is -2.36. The van der Waals surface area contributed by atoms with Gasteiger partial charge in [0.05, 0.1) is 18.3 Å². The summed E-state index contributed by atoms with van der Waals surface area (Å²) in [6, 6.07) is 6.08. The quantitative estimate of drug-likeness (QED) is 0.529. The Hall–Kier alpha value is -2.58. The largest absolute Gasteiger partial charge is 0.496 e. The zero-order valence-electron chi connectivity index (χ0n) is 19.5. The van der Waals surface area contributed by atoms with E-state index >= 15 is 0 Å². The highest BCUT2D eigenvalue weighted by Crippen LogP contribution is 2.27. The fourth-order valence-electron chi connectivity index (χ4n) is 4.55. The van der Waals surface area contributed by atoms with Crippen LogP contribution in [-0.2, 0) is 6.54 Å². The second-order valence-electron chi connectivity index (χ2n) is 8.37. The minimum Gasteiger partial charge on any atom is -0.496 e. The van der Waals surface area contributed by atoms with Crippen molar-refractivity contribution in [3.05, 3.63) is 53.1 Å². The molecule has 3 aromatic heterocycles. The monoisotopic (exact) mass is 453 g/mol. The van der Waals surface area contributed by atoms with E-state index in [0.717, 1.165) is 65.7 Å². The fourth-order valence-corrected chi connectivity index (χ4v) is 5.09. The van der Waals surface area contributed by atoms with Gasteiger partial charge in [-0.05, 0) is 45.1 Å². The normalized spacial score (nSPS) is 15.3. The zero-order chi connectivity index (χ0) is 22.8. The Morgan fingerprint density at radius 2 is 2.03 bits per heavy atom. The van der Waals surface area contributed by atoms with E-state index in [4.69, 9.17) is 4.74 Å². The molecule has 0 saturated carbocycles. The van der Waals surface area contributed by atoms with E-state index in [1.165, 1.54) is 0 Å². The number of likely N-dealkylation sites (tertiary alicyclic amines) is 1. The minimum atomic E-state index is -0.00627. The fraction of sp³-hybridized carbons (Fsp3) is 0.458. The number of carbonyl (C=O) groups is 1. The molecule has 8 heteroatoms. The van der Waals surface area contributed by atoms with Crippen molar-refractivity contribution in [3.63, 3.8) is 0 Å². The minimum absolute atomic E-state index is 0.00627. The van der Waals surface area contributed by atoms with Crippen LogP contribution in [-0.4, -0.2) is 69.6 Å². The average molecular weight is 454 g/mol. The van der Waals surface area contributed by atoms with Crippen molar-refractivity contribution >= 4 is 23.2 Å². The van der Waals surface area contributed by atoms with Crippen molar-refractivity contribution < 1.29 is 9.53 Å². The molecule has 0 radical (unpaired) electrons. The molecule has 1 aliphatic heterocycles. The maximum atomic E-state index is 13.3. The van der Waals surface area contributed by atoms with Crippen LogP contribution < -0.4 is 4.74 Å². The van der Waals surface area contributed by atoms with E-state index < -0.39 is 0 Å². The van der Waals surface area contributed by atoms with Crippen LogP contribution in [0.2, 0.25) is 0 Å². The highest BCUT2D eigenvalue weighted by atomic mass is 32.2. The van der Waals surface area contributed by atoms with Gasteiger partial charge >= 0.3 is 0 Å². The molecule has 7 nitrogen and oxygen atoms in total. The molecule has 0 spiro atoms. The Balaban J connectivity index is 1.42. The lowest BCUT2D eigenvalue weighted by molar-refractivity contribution is 0.0631. The molecule has 1 saturated heterocycles. The lowest BCUT2D eigenvalue weighted by Crippen LogP contribution is -2.45. The van der Waals surface area contributed by atoms with Gasteiger partial charge in [0.25, 0.3) is 5.91 Å². The molecule has 4 rings (SSSR count). The van der Waals surface area contributed by atoms with Gasteiger partial charge in [-0.3, -0.25) is 19.1 Å². The van der Waals surface area contributed by atoms with Crippen LogP contribution in [0.15, 0.2) is 35.7 Å². The number of fused-ring (bicyclic) bond motifs is 1. The van der Waals surface area contributed by atoms with Crippen molar-refractivity contribution in [2.45, 2.75) is 44.4 Å². The van der Waals surface area contributed by atoms with Crippen molar-refractivity contribution in [2.75, 3.05) is 33.5 Å². The molecule has 3 aromatic rings. The molecule has 0 aliphatic carbocycles. The molecular formula is C24H31N5O2S. The van der Waals surface area contributed by atoms with E-state index in [1.807, 2.05) is 60.1 Å². The Bertz CT molecular complexity index is 1120. The number of rotatable bonds is 6. The predicted molar refractivity (Wildman–Crippen MR) is 128 cm³/mol. The van der Waals surface area contributed by atoms with Crippen LogP contribution >= 0.6 is 11.8 Å². The predicted octanol–water partition coefficient (Wildman–Crippen LogP) is 3.81. The highest BCUT2D eigenvalue weighted by molar-refractivity contribution is 7.98. The summed E-state index contributed by atoms with van der Waals surface area (Å²) in [5, 5.41) is 0.837. The van der Waals surface area contributed by atoms with Crippen LogP contribution in [0.5, 0.6) is 5.75 Å². The summed E-state index contributed by atoms with van der Waals surface area (Å²) in [5.74, 6) is 0.917. The number of amides is 1. The molecule has 0 aromatic carbocycles. The van der Waals surface area contributed by atoms with Crippen molar-refractivity contribution in [2.24, 2.45) is 0 Å². The topological polar surface area (TPSA) is 63.0 Å². The van der Waals surface area contributed by atoms with Gasteiger partial charge in [0.15, 0.2) is 10.9 Å². The molecule has 1 aliphatic rings. The first kappa shape index (κ1) is 22.6. The van der Waals surface area contributed by atoms with E-state index in [-0.39, 0.29) is 11.9 Å². The van der Waals surface area contributed by atoms with Crippen molar-refractivity contribution in [3.8, 4) is 5.75 Å². The molecule has 0 atom stereocenters. The number of nitrogens with zero attached hydrogens (tertiary/aromatic N) is 5. The summed E-state index contributed by atoms with van der Waals surface area (Å²) in [6.07, 6.45) is 7.70. The molecule has 1 amide bonds. The third-order valence-electron chi connectivity index (χ3n) is 6.45. The number of hydrogen-bond acceptors (Lipinski definition) is 6. The number of aromatic nitrogens is 3. The summed E-state index contributed by atoms with van der Waals surface area (Å²) in [5.41, 5.74) is 4.62. The number of aryl methyl sites for hydroxylation is 1. The Labute approximate surface area is 193 Å². The molecular weight excluding hydrogens is 422 g/mol. The van der Waals surface area contributed by atoms with Gasteiger partial charge in [-0.1, -0.05) is 17.8 Å². The van der Waals surface area contributed by atoms with E-state index in [1.54, 1.807) is 18.9 Å². The van der Waals surface area contributed by atoms with E-state index in [2.05, 4.69) is 21.8 Å². The smallest absolute Gasteiger partial charge is 0.274 e. The van der Waals surface area contributed by atoms with Gasteiger partial charge in [-0.25, -0.2) is 4.98 Å². The SMILES string of the molecule is COc1c(C)cnc(CN2CCC(N(C)C(=O)c3nc(SC)n4ccccc34)CC2)c1C. The van der Waals surface area contributed by atoms with Gasteiger partial charge in [0.2, 0.25) is 0 Å². The first-order valence-electron chi connectivity index (χ1n) is 10.9. The molecule has 4 heterocycles. The summed E-state index contributed by atoms with van der Waals surface area (Å²) < 4.78 is 7.54. The van der Waals surface area contributed by atoms with Crippen molar-refractivity contribution in [1.82, 2.24) is 24.2 Å². The van der Waals surface area contributed by atoms with Gasteiger partial charge in [0, 0.05) is 56.2 Å². The second kappa shape index (κ2) is 9.50. The summed E-state index contributed by atoms with van der Waals surface area (Å²) in [4.78, 5) is 26.9. The molecule has 0 N–H and O–H groups in total. The van der Waals surface area contributed by atoms with Gasteiger partial charge in [0.1, 0.15) is 5.75 Å². The standard InChI is InChI=1S/C24H31N5O2S/c1-16-14-25-19(17(2)22(16)31-4)15-28-12-9-18(10-13-28)27(3)23(30)21-20-8-6-7-11-29(20)24(26-21)32-5/h6-8,11,14,18H,9-10,12-13,15H2,1-5H3. The number of ether oxygens (including phenoxy) is 1. The number of pyridine rings is 2. The van der Waals surface area contributed by atoms with Crippen LogP contribution in [0.3, 0.4) is 0 Å². The zero-order valence-corrected chi connectivity index (χ0v) is 20.3. The third kappa shape index (κ3) is 4.21. The van der Waals surface area contributed by atoms with E-state index in [9.17, 15) is 4.79 Å². The second-order valence-corrected chi connectivity index (χ2v) is 9.15. The average Bonchev–Trinajstić information content (AvgIpc) is 3.20.